The lowest BCUT2D eigenvalue weighted by atomic mass is 9.96. The lowest BCUT2D eigenvalue weighted by Crippen LogP contribution is -2.22. The van der Waals surface area contributed by atoms with Gasteiger partial charge in [0.25, 0.3) is 0 Å². The molecule has 6 heterocycles. The number of carbonyl (C=O) groups excluding carboxylic acids is 6. The molecule has 0 aromatic carbocycles. The number of aliphatic hydroxyl groups excluding tert-OH is 1. The molecule has 3 atom stereocenters. The van der Waals surface area contributed by atoms with Crippen molar-refractivity contribution in [3.05, 3.63) is 90.3 Å². The minimum atomic E-state index is -0.398. The number of cyclic esters (lactones) is 2. The molecule has 45 heavy (non-hydrogen) atoms. The largest absolute Gasteiger partial charge is 0.396 e. The molecule has 13 nitrogen and oxygen atoms in total. The first kappa shape index (κ1) is 36.2. The van der Waals surface area contributed by atoms with Crippen LogP contribution in [0, 0.1) is 5.92 Å². The number of hydrogen-bond acceptors (Lipinski definition) is 12. The van der Waals surface area contributed by atoms with Crippen LogP contribution in [0.25, 0.3) is 0 Å². The highest BCUT2D eigenvalue weighted by atomic mass is 16.6. The second kappa shape index (κ2) is 20.1. The number of aldehydes is 1. The van der Waals surface area contributed by atoms with E-state index in [0.717, 1.165) is 31.2 Å². The van der Waals surface area contributed by atoms with E-state index >= 15 is 0 Å². The van der Waals surface area contributed by atoms with E-state index in [4.69, 9.17) is 9.59 Å². The molecule has 0 radical (unpaired) electrons. The number of rotatable bonds is 4. The molecule has 3 aromatic rings. The van der Waals surface area contributed by atoms with Gasteiger partial charge in [-0.3, -0.25) is 39.0 Å². The number of aromatic nitrogens is 3. The van der Waals surface area contributed by atoms with Gasteiger partial charge in [0.2, 0.25) is 5.91 Å². The fourth-order valence-electron chi connectivity index (χ4n) is 4.94. The fraction of sp³-hybridized carbons (Fsp3) is 0.375. The summed E-state index contributed by atoms with van der Waals surface area (Å²) < 4.78 is 4.08. The molecule has 2 unspecified atom stereocenters. The minimum Gasteiger partial charge on any atom is -0.396 e. The maximum absolute atomic E-state index is 11.3. The van der Waals surface area contributed by atoms with E-state index in [2.05, 4.69) is 37.7 Å². The summed E-state index contributed by atoms with van der Waals surface area (Å²) in [5.74, 6) is -0.201. The van der Waals surface area contributed by atoms with E-state index in [0.29, 0.717) is 23.9 Å². The normalized spacial score (nSPS) is 20.0. The molecule has 0 saturated carbocycles. The quantitative estimate of drug-likeness (QED) is 0.257. The Bertz CT molecular complexity index is 1360. The van der Waals surface area contributed by atoms with Crippen molar-refractivity contribution in [1.82, 2.24) is 24.8 Å². The Morgan fingerprint density at radius 3 is 1.80 bits per heavy atom. The lowest BCUT2D eigenvalue weighted by molar-refractivity contribution is -0.191. The zero-order valence-electron chi connectivity index (χ0n) is 25.2. The smallest absolute Gasteiger partial charge is 0.373 e. The third kappa shape index (κ3) is 12.3. The SMILES string of the molecule is CN1C(=O)CCC1c1cccnc1.CN1CC[C@H](CO)C1c1cccnc1.O=C1CCC(=O)O1.O=C=O.O=Cc1cccnc1. The number of ether oxygens (including phenoxy) is 1. The molecular weight excluding hydrogens is 582 g/mol. The van der Waals surface area contributed by atoms with Crippen molar-refractivity contribution in [1.29, 1.82) is 0 Å². The Balaban J connectivity index is 0.000000210. The van der Waals surface area contributed by atoms with Crippen LogP contribution in [-0.2, 0) is 28.7 Å². The van der Waals surface area contributed by atoms with E-state index in [-0.39, 0.29) is 37.5 Å². The molecule has 3 fully saturated rings. The van der Waals surface area contributed by atoms with Gasteiger partial charge in [-0.2, -0.15) is 9.59 Å². The second-order valence-electron chi connectivity index (χ2n) is 10.1. The van der Waals surface area contributed by atoms with E-state index in [1.165, 1.54) is 11.8 Å². The third-order valence-electron chi connectivity index (χ3n) is 7.18. The Labute approximate surface area is 261 Å². The van der Waals surface area contributed by atoms with Crippen molar-refractivity contribution in [3.8, 4) is 0 Å². The van der Waals surface area contributed by atoms with Gasteiger partial charge in [0.15, 0.2) is 6.29 Å². The number of aliphatic hydroxyl groups is 1. The van der Waals surface area contributed by atoms with Crippen LogP contribution < -0.4 is 0 Å². The van der Waals surface area contributed by atoms with Gasteiger partial charge >= 0.3 is 18.1 Å². The standard InChI is InChI=1S/C11H16N2O.C10H12N2O.C6H5NO.C4H4O3.CO2/c1-13-6-4-10(8-14)11(13)9-3-2-5-12-7-9;1-12-9(4-5-10(12)13)8-3-2-6-11-7-8;8-5-6-2-1-3-7-4-6;5-3-1-2-4(6)7-3;2-1-3/h2-3,5,7,10-11,14H,4,6,8H2,1H3;2-3,6-7,9H,4-5H2,1H3;1-5H;1-2H2;/t10-,11?;;;;/m1..../s1. The van der Waals surface area contributed by atoms with Gasteiger partial charge in [0.1, 0.15) is 0 Å². The third-order valence-corrected chi connectivity index (χ3v) is 7.18. The summed E-state index contributed by atoms with van der Waals surface area (Å²) in [5, 5.41) is 9.27. The van der Waals surface area contributed by atoms with Crippen molar-refractivity contribution < 1.29 is 38.6 Å². The second-order valence-corrected chi connectivity index (χ2v) is 10.1. The molecule has 3 aliphatic rings. The van der Waals surface area contributed by atoms with Crippen LogP contribution in [0.2, 0.25) is 0 Å². The van der Waals surface area contributed by atoms with Crippen LogP contribution >= 0.6 is 0 Å². The summed E-state index contributed by atoms with van der Waals surface area (Å²) in [4.78, 5) is 73.5. The summed E-state index contributed by atoms with van der Waals surface area (Å²) in [6, 6.07) is 12.0. The molecule has 238 valence electrons. The molecule has 1 amide bonds. The minimum absolute atomic E-state index is 0.230. The highest BCUT2D eigenvalue weighted by molar-refractivity contribution is 5.92. The molecule has 3 aliphatic heterocycles. The zero-order chi connectivity index (χ0) is 33.0. The number of esters is 2. The Morgan fingerprint density at radius 2 is 1.42 bits per heavy atom. The van der Waals surface area contributed by atoms with Crippen molar-refractivity contribution in [2.45, 2.75) is 44.2 Å². The Kier molecular flexibility index (Phi) is 16.2. The maximum Gasteiger partial charge on any atom is 0.373 e. The molecule has 13 heteroatoms. The van der Waals surface area contributed by atoms with E-state index < -0.39 is 11.9 Å². The average Bonchev–Trinajstić information content (AvgIpc) is 3.76. The molecule has 0 bridgehead atoms. The highest BCUT2D eigenvalue weighted by Gasteiger charge is 2.32. The van der Waals surface area contributed by atoms with Crippen LogP contribution in [0.5, 0.6) is 0 Å². The fourth-order valence-corrected chi connectivity index (χ4v) is 4.94. The predicted molar refractivity (Wildman–Crippen MR) is 159 cm³/mol. The van der Waals surface area contributed by atoms with Crippen LogP contribution in [0.4, 0.5) is 0 Å². The Hall–Kier alpha value is -4.97. The highest BCUT2D eigenvalue weighted by Crippen LogP contribution is 2.35. The van der Waals surface area contributed by atoms with Gasteiger partial charge in [0.05, 0.1) is 18.9 Å². The van der Waals surface area contributed by atoms with Gasteiger partial charge in [-0.1, -0.05) is 12.1 Å². The number of nitrogens with zero attached hydrogens (tertiary/aromatic N) is 5. The number of pyridine rings is 3. The molecule has 3 saturated heterocycles. The zero-order valence-corrected chi connectivity index (χ0v) is 25.2. The number of amides is 1. The van der Waals surface area contributed by atoms with Crippen molar-refractivity contribution in [2.75, 3.05) is 27.2 Å². The first-order valence-corrected chi connectivity index (χ1v) is 14.2. The van der Waals surface area contributed by atoms with Gasteiger partial charge < -0.3 is 14.7 Å². The average molecular weight is 620 g/mol. The molecular formula is C32H37N5O8. The van der Waals surface area contributed by atoms with Crippen LogP contribution in [0.1, 0.15) is 65.7 Å². The van der Waals surface area contributed by atoms with Gasteiger partial charge in [-0.05, 0) is 61.8 Å². The van der Waals surface area contributed by atoms with Crippen LogP contribution in [0.3, 0.4) is 0 Å². The first-order valence-electron chi connectivity index (χ1n) is 14.2. The summed E-state index contributed by atoms with van der Waals surface area (Å²) in [7, 11) is 3.96. The van der Waals surface area contributed by atoms with Crippen molar-refractivity contribution >= 4 is 30.3 Å². The van der Waals surface area contributed by atoms with Crippen LogP contribution in [-0.4, -0.2) is 87.4 Å². The molecule has 3 aromatic heterocycles. The van der Waals surface area contributed by atoms with Gasteiger partial charge in [-0.25, -0.2) is 0 Å². The van der Waals surface area contributed by atoms with Crippen molar-refractivity contribution in [2.24, 2.45) is 5.92 Å². The summed E-state index contributed by atoms with van der Waals surface area (Å²) in [5.41, 5.74) is 2.97. The van der Waals surface area contributed by atoms with E-state index in [1.54, 1.807) is 35.6 Å². The summed E-state index contributed by atoms with van der Waals surface area (Å²) in [6.07, 6.45) is 14.6. The van der Waals surface area contributed by atoms with Crippen LogP contribution in [0.15, 0.2) is 73.6 Å². The predicted octanol–water partition coefficient (Wildman–Crippen LogP) is 2.60. The molecule has 1 N–H and O–H groups in total. The van der Waals surface area contributed by atoms with E-state index in [1.807, 2.05) is 37.6 Å². The number of hydrogen-bond donors (Lipinski definition) is 1. The van der Waals surface area contributed by atoms with Crippen molar-refractivity contribution in [3.63, 3.8) is 0 Å². The first-order chi connectivity index (χ1) is 21.7. The summed E-state index contributed by atoms with van der Waals surface area (Å²) >= 11 is 0. The summed E-state index contributed by atoms with van der Waals surface area (Å²) in [6.45, 7) is 1.33. The maximum atomic E-state index is 11.3. The number of likely N-dealkylation sites (tertiary alicyclic amines) is 2. The molecule has 6 rings (SSSR count). The Morgan fingerprint density at radius 1 is 0.867 bits per heavy atom. The van der Waals surface area contributed by atoms with E-state index in [9.17, 15) is 24.3 Å². The molecule has 0 aliphatic carbocycles. The lowest BCUT2D eigenvalue weighted by Gasteiger charge is -2.23. The monoisotopic (exact) mass is 619 g/mol. The topological polar surface area (TPSA) is 177 Å². The van der Waals surface area contributed by atoms with Gasteiger partial charge in [-0.15, -0.1) is 0 Å². The van der Waals surface area contributed by atoms with Gasteiger partial charge in [0, 0.05) is 74.8 Å². The molecule has 0 spiro atoms. The number of carbonyl (C=O) groups is 4.